The Hall–Kier alpha value is -2.77. The molecule has 1 aliphatic rings. The summed E-state index contributed by atoms with van der Waals surface area (Å²) < 4.78 is 33.5. The highest BCUT2D eigenvalue weighted by molar-refractivity contribution is 5.92. The number of likely N-dealkylation sites (tertiary alicyclic amines) is 1. The zero-order valence-electron chi connectivity index (χ0n) is 15.1. The van der Waals surface area contributed by atoms with Crippen molar-refractivity contribution in [2.45, 2.75) is 32.6 Å². The summed E-state index contributed by atoms with van der Waals surface area (Å²) in [5.41, 5.74) is -0.668. The van der Waals surface area contributed by atoms with E-state index in [1.165, 1.54) is 6.07 Å². The molecule has 0 unspecified atom stereocenters. The van der Waals surface area contributed by atoms with Crippen molar-refractivity contribution in [1.29, 1.82) is 0 Å². The first-order chi connectivity index (χ1) is 13.0. The third-order valence-electron chi connectivity index (χ3n) is 4.43. The van der Waals surface area contributed by atoms with E-state index in [1.54, 1.807) is 11.8 Å². The molecule has 6 nitrogen and oxygen atoms in total. The highest BCUT2D eigenvalue weighted by Crippen LogP contribution is 2.19. The normalized spacial score (nSPS) is 14.7. The Morgan fingerprint density at radius 1 is 1.11 bits per heavy atom. The Morgan fingerprint density at radius 2 is 1.81 bits per heavy atom. The van der Waals surface area contributed by atoms with Crippen LogP contribution in [0, 0.1) is 11.6 Å². The molecule has 0 radical (unpaired) electrons. The molecule has 1 fully saturated rings. The molecule has 2 aromatic rings. The van der Waals surface area contributed by atoms with Crippen LogP contribution in [-0.2, 0) is 0 Å². The van der Waals surface area contributed by atoms with Crippen molar-refractivity contribution in [3.05, 3.63) is 51.8 Å². The second kappa shape index (κ2) is 8.28. The Kier molecular flexibility index (Phi) is 5.83. The average molecular weight is 377 g/mol. The number of hydrogen-bond donors (Lipinski definition) is 0. The fourth-order valence-electron chi connectivity index (χ4n) is 3.06. The number of aromatic nitrogens is 2. The number of ether oxygens (including phenoxy) is 1. The smallest absolute Gasteiger partial charge is 0.278 e. The van der Waals surface area contributed by atoms with Crippen molar-refractivity contribution in [3.8, 4) is 11.6 Å². The van der Waals surface area contributed by atoms with E-state index in [1.807, 2.05) is 0 Å². The van der Waals surface area contributed by atoms with E-state index in [4.69, 9.17) is 4.74 Å². The third kappa shape index (κ3) is 4.15. The molecule has 3 rings (SSSR count). The van der Waals surface area contributed by atoms with Gasteiger partial charge in [0.25, 0.3) is 5.91 Å². The first kappa shape index (κ1) is 19.0. The summed E-state index contributed by atoms with van der Waals surface area (Å²) in [7, 11) is 0. The van der Waals surface area contributed by atoms with Gasteiger partial charge in [-0.3, -0.25) is 9.59 Å². The Morgan fingerprint density at radius 3 is 2.44 bits per heavy atom. The monoisotopic (exact) mass is 377 g/mol. The number of halogens is 2. The van der Waals surface area contributed by atoms with Crippen LogP contribution in [0.3, 0.4) is 0 Å². The molecule has 8 heteroatoms. The van der Waals surface area contributed by atoms with Gasteiger partial charge >= 0.3 is 0 Å². The number of hydrogen-bond acceptors (Lipinski definition) is 4. The van der Waals surface area contributed by atoms with E-state index in [2.05, 4.69) is 5.10 Å². The second-order valence-electron chi connectivity index (χ2n) is 6.35. The van der Waals surface area contributed by atoms with Crippen LogP contribution in [0.4, 0.5) is 8.78 Å². The Balaban J connectivity index is 2.06. The summed E-state index contributed by atoms with van der Waals surface area (Å²) in [4.78, 5) is 26.9. The number of benzene rings is 1. The van der Waals surface area contributed by atoms with Gasteiger partial charge in [-0.05, 0) is 31.9 Å². The highest BCUT2D eigenvalue weighted by Gasteiger charge is 2.23. The number of carbonyl (C=O) groups excluding carboxylic acids is 1. The van der Waals surface area contributed by atoms with Crippen LogP contribution in [0.1, 0.15) is 43.1 Å². The van der Waals surface area contributed by atoms with Crippen LogP contribution < -0.4 is 10.2 Å². The topological polar surface area (TPSA) is 64.4 Å². The van der Waals surface area contributed by atoms with E-state index in [9.17, 15) is 18.4 Å². The molecule has 1 amide bonds. The maximum absolute atomic E-state index is 13.7. The van der Waals surface area contributed by atoms with E-state index >= 15 is 0 Å². The average Bonchev–Trinajstić information content (AvgIpc) is 2.93. The van der Waals surface area contributed by atoms with Crippen LogP contribution in [0.5, 0.6) is 5.88 Å². The predicted octanol–water partition coefficient (Wildman–Crippen LogP) is 2.93. The zero-order chi connectivity index (χ0) is 19.4. The van der Waals surface area contributed by atoms with Gasteiger partial charge in [0.05, 0.1) is 18.4 Å². The first-order valence-electron chi connectivity index (χ1n) is 9.03. The summed E-state index contributed by atoms with van der Waals surface area (Å²) in [6.07, 6.45) is 3.83. The lowest BCUT2D eigenvalue weighted by atomic mass is 10.2. The molecule has 0 saturated carbocycles. The second-order valence-corrected chi connectivity index (χ2v) is 6.35. The van der Waals surface area contributed by atoms with Crippen LogP contribution in [0.15, 0.2) is 29.1 Å². The number of rotatable bonds is 4. The Labute approximate surface area is 155 Å². The SMILES string of the molecule is CCOc1cc(=O)c(C(=O)N2CCCCCC2)nn1-c1ccc(F)c(F)c1. The maximum atomic E-state index is 13.7. The molecule has 144 valence electrons. The molecule has 0 atom stereocenters. The minimum Gasteiger partial charge on any atom is -0.478 e. The molecule has 1 aliphatic heterocycles. The molecule has 27 heavy (non-hydrogen) atoms. The Bertz CT molecular complexity index is 890. The van der Waals surface area contributed by atoms with Crippen LogP contribution in [-0.4, -0.2) is 40.3 Å². The zero-order valence-corrected chi connectivity index (χ0v) is 15.1. The van der Waals surface area contributed by atoms with Crippen molar-refractivity contribution in [2.75, 3.05) is 19.7 Å². The van der Waals surface area contributed by atoms with Gasteiger partial charge in [-0.2, -0.15) is 5.10 Å². The molecular formula is C19H21F2N3O3. The maximum Gasteiger partial charge on any atom is 0.278 e. The minimum atomic E-state index is -1.06. The quantitative estimate of drug-likeness (QED) is 0.822. The third-order valence-corrected chi connectivity index (χ3v) is 4.43. The van der Waals surface area contributed by atoms with Crippen LogP contribution in [0.25, 0.3) is 5.69 Å². The van der Waals surface area contributed by atoms with Gasteiger partial charge < -0.3 is 9.64 Å². The van der Waals surface area contributed by atoms with E-state index in [0.29, 0.717) is 13.1 Å². The van der Waals surface area contributed by atoms with Crippen molar-refractivity contribution in [3.63, 3.8) is 0 Å². The number of amides is 1. The van der Waals surface area contributed by atoms with E-state index < -0.39 is 23.0 Å². The fraction of sp³-hybridized carbons (Fsp3) is 0.421. The van der Waals surface area contributed by atoms with Crippen molar-refractivity contribution >= 4 is 5.91 Å². The molecule has 1 saturated heterocycles. The number of nitrogens with zero attached hydrogens (tertiary/aromatic N) is 3. The lowest BCUT2D eigenvalue weighted by molar-refractivity contribution is 0.0752. The van der Waals surface area contributed by atoms with Gasteiger partial charge in [0, 0.05) is 19.2 Å². The molecule has 0 spiro atoms. The largest absolute Gasteiger partial charge is 0.478 e. The van der Waals surface area contributed by atoms with Gasteiger partial charge in [0.2, 0.25) is 11.3 Å². The van der Waals surface area contributed by atoms with Crippen molar-refractivity contribution in [1.82, 2.24) is 14.7 Å². The highest BCUT2D eigenvalue weighted by atomic mass is 19.2. The van der Waals surface area contributed by atoms with Gasteiger partial charge in [0.1, 0.15) is 0 Å². The van der Waals surface area contributed by atoms with Gasteiger partial charge in [-0.1, -0.05) is 12.8 Å². The summed E-state index contributed by atoms with van der Waals surface area (Å²) >= 11 is 0. The van der Waals surface area contributed by atoms with Gasteiger partial charge in [-0.25, -0.2) is 13.5 Å². The van der Waals surface area contributed by atoms with Crippen LogP contribution >= 0.6 is 0 Å². The minimum absolute atomic E-state index is 0.0564. The molecular weight excluding hydrogens is 356 g/mol. The molecule has 2 heterocycles. The number of carbonyl (C=O) groups is 1. The van der Waals surface area contributed by atoms with Gasteiger partial charge in [0.15, 0.2) is 17.3 Å². The fourth-order valence-corrected chi connectivity index (χ4v) is 3.06. The van der Waals surface area contributed by atoms with E-state index in [-0.39, 0.29) is 23.9 Å². The lowest BCUT2D eigenvalue weighted by Crippen LogP contribution is -2.36. The molecule has 0 aliphatic carbocycles. The van der Waals surface area contributed by atoms with Crippen LogP contribution in [0.2, 0.25) is 0 Å². The van der Waals surface area contributed by atoms with E-state index in [0.717, 1.165) is 48.6 Å². The molecule has 0 N–H and O–H groups in total. The van der Waals surface area contributed by atoms with Crippen molar-refractivity contribution in [2.24, 2.45) is 0 Å². The summed E-state index contributed by atoms with van der Waals surface area (Å²) in [5, 5.41) is 4.14. The summed E-state index contributed by atoms with van der Waals surface area (Å²) in [6, 6.07) is 4.35. The molecule has 0 bridgehead atoms. The standard InChI is InChI=1S/C19H21F2N3O3/c1-2-27-17-12-16(25)18(19(26)23-9-5-3-4-6-10-23)22-24(17)13-7-8-14(20)15(21)11-13/h7-8,11-12H,2-6,9-10H2,1H3. The van der Waals surface area contributed by atoms with Crippen molar-refractivity contribution < 1.29 is 18.3 Å². The first-order valence-corrected chi connectivity index (χ1v) is 9.03. The lowest BCUT2D eigenvalue weighted by Gasteiger charge is -2.20. The molecule has 1 aromatic heterocycles. The summed E-state index contributed by atoms with van der Waals surface area (Å²) in [5.74, 6) is -2.46. The van der Waals surface area contributed by atoms with Gasteiger partial charge in [-0.15, -0.1) is 0 Å². The molecule has 1 aromatic carbocycles. The predicted molar refractivity (Wildman–Crippen MR) is 95.3 cm³/mol. The summed E-state index contributed by atoms with van der Waals surface area (Å²) in [6.45, 7) is 3.09.